The first-order valence-electron chi connectivity index (χ1n) is 6.32. The van der Waals surface area contributed by atoms with Crippen molar-refractivity contribution in [2.24, 2.45) is 0 Å². The van der Waals surface area contributed by atoms with Crippen LogP contribution in [0.25, 0.3) is 10.9 Å². The number of carbonyl (C=O) groups excluding carboxylic acids is 1. The average Bonchev–Trinajstić information content (AvgIpc) is 2.49. The fourth-order valence-corrected chi connectivity index (χ4v) is 2.07. The van der Waals surface area contributed by atoms with Gasteiger partial charge >= 0.3 is 0 Å². The number of ketones is 1. The van der Waals surface area contributed by atoms with Crippen LogP contribution in [-0.2, 0) is 0 Å². The second kappa shape index (κ2) is 4.85. The van der Waals surface area contributed by atoms with Crippen LogP contribution < -0.4 is 0 Å². The summed E-state index contributed by atoms with van der Waals surface area (Å²) in [7, 11) is 0. The molecular weight excluding hydrogens is 253 g/mol. The molecule has 1 aromatic heterocycles. The minimum atomic E-state index is -0.378. The zero-order valence-corrected chi connectivity index (χ0v) is 10.9. The van der Waals surface area contributed by atoms with Crippen LogP contribution in [0.5, 0.6) is 0 Å². The second-order valence-electron chi connectivity index (χ2n) is 4.68. The molecule has 3 rings (SSSR count). The van der Waals surface area contributed by atoms with Crippen LogP contribution in [-0.4, -0.2) is 10.8 Å². The maximum atomic E-state index is 13.5. The van der Waals surface area contributed by atoms with Crippen LogP contribution in [0.1, 0.15) is 21.6 Å². The molecule has 0 N–H and O–H groups in total. The summed E-state index contributed by atoms with van der Waals surface area (Å²) in [6.07, 6.45) is 0. The lowest BCUT2D eigenvalue weighted by Crippen LogP contribution is -2.05. The topological polar surface area (TPSA) is 30.0 Å². The van der Waals surface area contributed by atoms with E-state index in [2.05, 4.69) is 4.98 Å². The monoisotopic (exact) mass is 265 g/mol. The molecule has 0 aliphatic rings. The van der Waals surface area contributed by atoms with Crippen molar-refractivity contribution in [3.63, 3.8) is 0 Å². The number of fused-ring (bicyclic) bond motifs is 1. The molecule has 3 aromatic rings. The molecule has 0 amide bonds. The maximum absolute atomic E-state index is 13.5. The SMILES string of the molecule is Cc1ccc(C(=O)c2ccc3ccccc3n2)cc1F. The molecule has 0 atom stereocenters. The van der Waals surface area contributed by atoms with Gasteiger partial charge in [0.05, 0.1) is 5.52 Å². The fraction of sp³-hybridized carbons (Fsp3) is 0.0588. The zero-order valence-electron chi connectivity index (χ0n) is 10.9. The van der Waals surface area contributed by atoms with E-state index in [4.69, 9.17) is 0 Å². The Morgan fingerprint density at radius 3 is 2.65 bits per heavy atom. The van der Waals surface area contributed by atoms with Gasteiger partial charge in [0, 0.05) is 10.9 Å². The minimum Gasteiger partial charge on any atom is -0.287 e. The number of halogens is 1. The first kappa shape index (κ1) is 12.5. The molecule has 2 nitrogen and oxygen atoms in total. The molecular formula is C17H12FNO. The molecule has 20 heavy (non-hydrogen) atoms. The Hall–Kier alpha value is -2.55. The van der Waals surface area contributed by atoms with Crippen LogP contribution in [0, 0.1) is 12.7 Å². The van der Waals surface area contributed by atoms with Gasteiger partial charge < -0.3 is 0 Å². The molecule has 3 heteroatoms. The predicted octanol–water partition coefficient (Wildman–Crippen LogP) is 3.91. The van der Waals surface area contributed by atoms with Crippen molar-refractivity contribution >= 4 is 16.7 Å². The first-order valence-corrected chi connectivity index (χ1v) is 6.32. The second-order valence-corrected chi connectivity index (χ2v) is 4.68. The summed E-state index contributed by atoms with van der Waals surface area (Å²) in [5, 5.41) is 0.971. The van der Waals surface area contributed by atoms with Gasteiger partial charge in [0.2, 0.25) is 5.78 Å². The number of hydrogen-bond donors (Lipinski definition) is 0. The zero-order chi connectivity index (χ0) is 14.1. The first-order chi connectivity index (χ1) is 9.65. The van der Waals surface area contributed by atoms with E-state index in [9.17, 15) is 9.18 Å². The summed E-state index contributed by atoms with van der Waals surface area (Å²) >= 11 is 0. The van der Waals surface area contributed by atoms with E-state index in [-0.39, 0.29) is 11.6 Å². The van der Waals surface area contributed by atoms with Crippen LogP contribution in [0.2, 0.25) is 0 Å². The van der Waals surface area contributed by atoms with E-state index < -0.39 is 0 Å². The molecule has 0 unspecified atom stereocenters. The van der Waals surface area contributed by atoms with Crippen molar-refractivity contribution in [2.45, 2.75) is 6.92 Å². The van der Waals surface area contributed by atoms with E-state index in [1.807, 2.05) is 30.3 Å². The van der Waals surface area contributed by atoms with Gasteiger partial charge in [-0.25, -0.2) is 9.37 Å². The number of aromatic nitrogens is 1. The Bertz CT molecular complexity index is 811. The van der Waals surface area contributed by atoms with Crippen molar-refractivity contribution < 1.29 is 9.18 Å². The Morgan fingerprint density at radius 1 is 1.05 bits per heavy atom. The van der Waals surface area contributed by atoms with E-state index in [0.29, 0.717) is 16.8 Å². The third-order valence-corrected chi connectivity index (χ3v) is 3.27. The summed E-state index contributed by atoms with van der Waals surface area (Å²) in [5.41, 5.74) is 1.92. The highest BCUT2D eigenvalue weighted by atomic mass is 19.1. The molecule has 0 saturated heterocycles. The maximum Gasteiger partial charge on any atom is 0.211 e. The molecule has 0 saturated carbocycles. The molecule has 0 radical (unpaired) electrons. The Kier molecular flexibility index (Phi) is 3.03. The number of aryl methyl sites for hydroxylation is 1. The summed E-state index contributed by atoms with van der Waals surface area (Å²) < 4.78 is 13.5. The van der Waals surface area contributed by atoms with Crippen molar-refractivity contribution in [1.29, 1.82) is 0 Å². The number of carbonyl (C=O) groups is 1. The van der Waals surface area contributed by atoms with Crippen molar-refractivity contribution in [1.82, 2.24) is 4.98 Å². The number of benzene rings is 2. The summed E-state index contributed by atoms with van der Waals surface area (Å²) in [6.45, 7) is 1.66. The highest BCUT2D eigenvalue weighted by molar-refractivity contribution is 6.08. The number of hydrogen-bond acceptors (Lipinski definition) is 2. The lowest BCUT2D eigenvalue weighted by Gasteiger charge is -2.04. The molecule has 0 bridgehead atoms. The van der Waals surface area contributed by atoms with Crippen LogP contribution in [0.4, 0.5) is 4.39 Å². The van der Waals surface area contributed by atoms with Crippen molar-refractivity contribution in [3.05, 3.63) is 77.2 Å². The van der Waals surface area contributed by atoms with Gasteiger partial charge in [-0.1, -0.05) is 36.4 Å². The minimum absolute atomic E-state index is 0.269. The van der Waals surface area contributed by atoms with E-state index in [1.165, 1.54) is 6.07 Å². The van der Waals surface area contributed by atoms with E-state index >= 15 is 0 Å². The van der Waals surface area contributed by atoms with Gasteiger partial charge in [0.1, 0.15) is 11.5 Å². The molecule has 0 aliphatic heterocycles. The van der Waals surface area contributed by atoms with Gasteiger partial charge in [0.25, 0.3) is 0 Å². The molecule has 0 aliphatic carbocycles. The van der Waals surface area contributed by atoms with E-state index in [0.717, 1.165) is 10.9 Å². The number of pyridine rings is 1. The predicted molar refractivity (Wildman–Crippen MR) is 76.3 cm³/mol. The number of rotatable bonds is 2. The van der Waals surface area contributed by atoms with Gasteiger partial charge in [-0.3, -0.25) is 4.79 Å². The lowest BCUT2D eigenvalue weighted by atomic mass is 10.0. The lowest BCUT2D eigenvalue weighted by molar-refractivity contribution is 0.103. The third-order valence-electron chi connectivity index (χ3n) is 3.27. The van der Waals surface area contributed by atoms with Crippen LogP contribution in [0.3, 0.4) is 0 Å². The van der Waals surface area contributed by atoms with Gasteiger partial charge in [-0.05, 0) is 30.7 Å². The quantitative estimate of drug-likeness (QED) is 0.657. The van der Waals surface area contributed by atoms with Crippen molar-refractivity contribution in [3.8, 4) is 0 Å². The standard InChI is InChI=1S/C17H12FNO/c1-11-6-7-13(10-14(11)18)17(20)16-9-8-12-4-2-3-5-15(12)19-16/h2-10H,1H3. The Labute approximate surface area is 115 Å². The van der Waals surface area contributed by atoms with Crippen molar-refractivity contribution in [2.75, 3.05) is 0 Å². The highest BCUT2D eigenvalue weighted by Crippen LogP contribution is 2.16. The van der Waals surface area contributed by atoms with E-state index in [1.54, 1.807) is 25.1 Å². The highest BCUT2D eigenvalue weighted by Gasteiger charge is 2.12. The average molecular weight is 265 g/mol. The Morgan fingerprint density at radius 2 is 1.85 bits per heavy atom. The van der Waals surface area contributed by atoms with Gasteiger partial charge in [-0.2, -0.15) is 0 Å². The third kappa shape index (κ3) is 2.18. The molecule has 1 heterocycles. The Balaban J connectivity index is 2.05. The van der Waals surface area contributed by atoms with Gasteiger partial charge in [-0.15, -0.1) is 0 Å². The summed E-state index contributed by atoms with van der Waals surface area (Å²) in [6, 6.07) is 15.6. The molecule has 0 spiro atoms. The number of para-hydroxylation sites is 1. The molecule has 0 fully saturated rings. The summed E-state index contributed by atoms with van der Waals surface area (Å²) in [5.74, 6) is -0.647. The normalized spacial score (nSPS) is 10.7. The fourth-order valence-electron chi connectivity index (χ4n) is 2.07. The summed E-state index contributed by atoms with van der Waals surface area (Å²) in [4.78, 5) is 16.7. The smallest absolute Gasteiger partial charge is 0.211 e. The van der Waals surface area contributed by atoms with Gasteiger partial charge in [0.15, 0.2) is 0 Å². The van der Waals surface area contributed by atoms with Crippen LogP contribution >= 0.6 is 0 Å². The van der Waals surface area contributed by atoms with Crippen LogP contribution in [0.15, 0.2) is 54.6 Å². The molecule has 2 aromatic carbocycles. The largest absolute Gasteiger partial charge is 0.287 e. The molecule has 98 valence electrons. The number of nitrogens with zero attached hydrogens (tertiary/aromatic N) is 1.